The number of carbonyl (C=O) groups excluding carboxylic acids is 1. The summed E-state index contributed by atoms with van der Waals surface area (Å²) in [5, 5.41) is 0. The Hall–Kier alpha value is -0.790. The third-order valence-electron chi connectivity index (χ3n) is 17.3. The minimum Gasteiger partial charge on any atom is -0.462 e. The van der Waals surface area contributed by atoms with Crippen molar-refractivity contribution >= 4 is 5.97 Å². The van der Waals surface area contributed by atoms with Gasteiger partial charge in [-0.1, -0.05) is 164 Å². The van der Waals surface area contributed by atoms with E-state index in [1.807, 2.05) is 5.57 Å². The third kappa shape index (κ3) is 8.15. The second-order valence-corrected chi connectivity index (χ2v) is 21.4. The molecule has 50 heavy (non-hydrogen) atoms. The van der Waals surface area contributed by atoms with Crippen LogP contribution in [0.1, 0.15) is 229 Å². The van der Waals surface area contributed by atoms with Gasteiger partial charge in [-0.05, 0) is 115 Å². The molecule has 288 valence electrons. The third-order valence-corrected chi connectivity index (χ3v) is 17.3. The lowest BCUT2D eigenvalue weighted by atomic mass is 9.33. The fraction of sp³-hybridized carbons (Fsp3) is 0.938. The SMILES string of the molecule is CCCCCCCCCCCCCCCCCC(=O)O[C@H]1CC[C@]2(C)[C@H]3CC=C4C5CC(C)(C)CC[C@]5(C)CC[C@@]4(C)[C@]3(C)CC[C@H]2C1(C)C. The average molecular weight is 693 g/mol. The molecule has 2 heteroatoms. The number of hydrogen-bond donors (Lipinski definition) is 0. The van der Waals surface area contributed by atoms with Crippen molar-refractivity contribution in [3.63, 3.8) is 0 Å². The smallest absolute Gasteiger partial charge is 0.306 e. The van der Waals surface area contributed by atoms with E-state index in [1.165, 1.54) is 148 Å². The average Bonchev–Trinajstić information content (AvgIpc) is 3.05. The van der Waals surface area contributed by atoms with Crippen LogP contribution in [0.3, 0.4) is 0 Å². The summed E-state index contributed by atoms with van der Waals surface area (Å²) in [6.07, 6.45) is 36.9. The summed E-state index contributed by atoms with van der Waals surface area (Å²) >= 11 is 0. The Morgan fingerprint density at radius 1 is 0.660 bits per heavy atom. The van der Waals surface area contributed by atoms with Gasteiger partial charge in [0.2, 0.25) is 0 Å². The molecule has 0 aromatic heterocycles. The van der Waals surface area contributed by atoms with Gasteiger partial charge in [0, 0.05) is 11.8 Å². The molecular weight excluding hydrogens is 609 g/mol. The molecule has 0 bridgehead atoms. The molecule has 4 fully saturated rings. The van der Waals surface area contributed by atoms with Crippen LogP contribution in [0.25, 0.3) is 0 Å². The van der Waals surface area contributed by atoms with Gasteiger partial charge in [-0.25, -0.2) is 0 Å². The summed E-state index contributed by atoms with van der Waals surface area (Å²) in [4.78, 5) is 13.2. The van der Waals surface area contributed by atoms with Crippen molar-refractivity contribution in [3.05, 3.63) is 11.6 Å². The number of carbonyl (C=O) groups is 1. The van der Waals surface area contributed by atoms with Crippen LogP contribution in [0.4, 0.5) is 0 Å². The van der Waals surface area contributed by atoms with Crippen LogP contribution in [0, 0.1) is 50.2 Å². The highest BCUT2D eigenvalue weighted by Crippen LogP contribution is 2.75. The van der Waals surface area contributed by atoms with E-state index < -0.39 is 0 Å². The Kier molecular flexibility index (Phi) is 13.2. The molecule has 1 unspecified atom stereocenters. The van der Waals surface area contributed by atoms with Gasteiger partial charge in [0.25, 0.3) is 0 Å². The van der Waals surface area contributed by atoms with Crippen molar-refractivity contribution < 1.29 is 9.53 Å². The van der Waals surface area contributed by atoms with Crippen LogP contribution >= 0.6 is 0 Å². The van der Waals surface area contributed by atoms with Crippen molar-refractivity contribution in [2.24, 2.45) is 50.2 Å². The highest BCUT2D eigenvalue weighted by atomic mass is 16.5. The van der Waals surface area contributed by atoms with Gasteiger partial charge in [-0.15, -0.1) is 0 Å². The number of esters is 1. The zero-order valence-corrected chi connectivity index (χ0v) is 35.1. The number of fused-ring (bicyclic) bond motifs is 7. The Morgan fingerprint density at radius 2 is 1.22 bits per heavy atom. The summed E-state index contributed by atoms with van der Waals surface area (Å²) in [6, 6.07) is 0. The Labute approximate surface area is 311 Å². The van der Waals surface area contributed by atoms with E-state index in [9.17, 15) is 4.79 Å². The Morgan fingerprint density at radius 3 is 1.82 bits per heavy atom. The molecule has 5 aliphatic carbocycles. The van der Waals surface area contributed by atoms with Crippen molar-refractivity contribution in [1.82, 2.24) is 0 Å². The van der Waals surface area contributed by atoms with Gasteiger partial charge < -0.3 is 4.74 Å². The molecular formula is C48H84O2. The van der Waals surface area contributed by atoms with Gasteiger partial charge >= 0.3 is 5.97 Å². The minimum absolute atomic E-state index is 0.0302. The summed E-state index contributed by atoms with van der Waals surface area (Å²) in [5.74, 6) is 2.18. The second kappa shape index (κ2) is 16.3. The molecule has 0 N–H and O–H groups in total. The van der Waals surface area contributed by atoms with Crippen molar-refractivity contribution in [2.45, 2.75) is 235 Å². The fourth-order valence-corrected chi connectivity index (χ4v) is 13.6. The topological polar surface area (TPSA) is 26.3 Å². The Balaban J connectivity index is 1.07. The molecule has 5 rings (SSSR count). The molecule has 8 atom stereocenters. The van der Waals surface area contributed by atoms with E-state index in [1.54, 1.807) is 0 Å². The molecule has 0 aromatic rings. The predicted molar refractivity (Wildman–Crippen MR) is 214 cm³/mol. The standard InChI is InChI=1S/C48H84O2/c1-10-11-12-13-14-15-16-17-18-19-20-21-22-23-24-25-42(49)50-41-29-30-46(7)39(44(41,4)5)28-31-48(9)40(46)27-26-37-38-36-43(2,3)32-33-45(38,6)34-35-47(37,48)8/h26,38-41H,10-25,27-36H2,1-9H3/t38?,39-,40+,41-,45+,46-,47+,48+/m0/s1. The van der Waals surface area contributed by atoms with Crippen LogP contribution in [-0.4, -0.2) is 12.1 Å². The largest absolute Gasteiger partial charge is 0.462 e. The lowest BCUT2D eigenvalue weighted by molar-refractivity contribution is -0.212. The summed E-state index contributed by atoms with van der Waals surface area (Å²) in [6.45, 7) is 23.1. The first kappa shape index (κ1) is 40.4. The van der Waals surface area contributed by atoms with E-state index in [2.05, 4.69) is 68.4 Å². The summed E-state index contributed by atoms with van der Waals surface area (Å²) in [5.41, 5.74) is 3.87. The van der Waals surface area contributed by atoms with Crippen LogP contribution in [0.15, 0.2) is 11.6 Å². The number of hydrogen-bond acceptors (Lipinski definition) is 2. The van der Waals surface area contributed by atoms with Crippen LogP contribution in [-0.2, 0) is 9.53 Å². The molecule has 4 saturated carbocycles. The van der Waals surface area contributed by atoms with E-state index in [0.717, 1.165) is 24.7 Å². The van der Waals surface area contributed by atoms with Gasteiger partial charge in [-0.3, -0.25) is 4.79 Å². The van der Waals surface area contributed by atoms with Crippen LogP contribution in [0.5, 0.6) is 0 Å². The lowest BCUT2D eigenvalue weighted by Gasteiger charge is -2.71. The molecule has 5 aliphatic rings. The van der Waals surface area contributed by atoms with E-state index in [-0.39, 0.29) is 17.5 Å². The molecule has 2 nitrogen and oxygen atoms in total. The number of rotatable bonds is 17. The first-order valence-electron chi connectivity index (χ1n) is 22.5. The number of allylic oxidation sites excluding steroid dienone is 2. The highest BCUT2D eigenvalue weighted by molar-refractivity contribution is 5.69. The van der Waals surface area contributed by atoms with Gasteiger partial charge in [0.15, 0.2) is 0 Å². The van der Waals surface area contributed by atoms with Crippen molar-refractivity contribution in [2.75, 3.05) is 0 Å². The molecule has 0 aromatic carbocycles. The predicted octanol–water partition coefficient (Wildman–Crippen LogP) is 15.0. The van der Waals surface area contributed by atoms with Crippen molar-refractivity contribution in [3.8, 4) is 0 Å². The van der Waals surface area contributed by atoms with Gasteiger partial charge in [0.1, 0.15) is 6.10 Å². The van der Waals surface area contributed by atoms with Gasteiger partial charge in [-0.2, -0.15) is 0 Å². The molecule has 0 aliphatic heterocycles. The quantitative estimate of drug-likeness (QED) is 0.0861. The maximum absolute atomic E-state index is 13.2. The summed E-state index contributed by atoms with van der Waals surface area (Å²) < 4.78 is 6.43. The first-order chi connectivity index (χ1) is 23.6. The zero-order chi connectivity index (χ0) is 36.3. The normalized spacial score (nSPS) is 38.6. The molecule has 0 heterocycles. The van der Waals surface area contributed by atoms with Crippen LogP contribution in [0.2, 0.25) is 0 Å². The maximum Gasteiger partial charge on any atom is 0.306 e. The maximum atomic E-state index is 13.2. The monoisotopic (exact) mass is 693 g/mol. The fourth-order valence-electron chi connectivity index (χ4n) is 13.6. The lowest BCUT2D eigenvalue weighted by Crippen LogP contribution is -2.64. The van der Waals surface area contributed by atoms with E-state index in [0.29, 0.717) is 39.4 Å². The molecule has 0 saturated heterocycles. The molecule has 0 amide bonds. The molecule has 0 spiro atoms. The second-order valence-electron chi connectivity index (χ2n) is 21.4. The Bertz CT molecular complexity index is 1150. The van der Waals surface area contributed by atoms with Crippen LogP contribution < -0.4 is 0 Å². The first-order valence-corrected chi connectivity index (χ1v) is 22.5. The zero-order valence-electron chi connectivity index (χ0n) is 35.1. The number of ether oxygens (including phenoxy) is 1. The van der Waals surface area contributed by atoms with Gasteiger partial charge in [0.05, 0.1) is 0 Å². The minimum atomic E-state index is 0.0302. The van der Waals surface area contributed by atoms with Crippen molar-refractivity contribution in [1.29, 1.82) is 0 Å². The number of unbranched alkanes of at least 4 members (excludes halogenated alkanes) is 14. The van der Waals surface area contributed by atoms with E-state index in [4.69, 9.17) is 4.74 Å². The molecule has 0 radical (unpaired) electrons. The van der Waals surface area contributed by atoms with E-state index >= 15 is 0 Å². The summed E-state index contributed by atoms with van der Waals surface area (Å²) in [7, 11) is 0. The highest BCUT2D eigenvalue weighted by Gasteiger charge is 2.68.